The van der Waals surface area contributed by atoms with Gasteiger partial charge in [0, 0.05) is 6.92 Å². The zero-order valence-electron chi connectivity index (χ0n) is 10.7. The van der Waals surface area contributed by atoms with Crippen molar-refractivity contribution in [1.82, 2.24) is 0 Å². The van der Waals surface area contributed by atoms with Crippen molar-refractivity contribution in [2.75, 3.05) is 7.11 Å². The van der Waals surface area contributed by atoms with Crippen LogP contribution in [0.4, 0.5) is 0 Å². The topological polar surface area (TPSA) is 95.7 Å². The van der Waals surface area contributed by atoms with E-state index < -0.39 is 29.4 Å². The largest absolute Gasteiger partial charge is 0.466 e. The van der Waals surface area contributed by atoms with E-state index in [0.717, 1.165) is 19.3 Å². The third kappa shape index (κ3) is 2.80. The third-order valence-corrected chi connectivity index (χ3v) is 3.44. The first kappa shape index (κ1) is 14.5. The Morgan fingerprint density at radius 3 is 2.11 bits per heavy atom. The number of nitrogens with two attached hydrogens (primary N) is 1. The predicted octanol–water partition coefficient (Wildman–Crippen LogP) is 0.527. The molecule has 1 amide bonds. The minimum absolute atomic E-state index is 0.440. The average molecular weight is 257 g/mol. The summed E-state index contributed by atoms with van der Waals surface area (Å²) in [6.45, 7) is 1.19. The summed E-state index contributed by atoms with van der Waals surface area (Å²) in [5.74, 6) is -1.97. The first-order valence-corrected chi connectivity index (χ1v) is 5.99. The van der Waals surface area contributed by atoms with Gasteiger partial charge in [0.05, 0.1) is 12.5 Å². The Morgan fingerprint density at radius 2 is 1.72 bits per heavy atom. The number of methoxy groups -OCH3 is 1. The van der Waals surface area contributed by atoms with E-state index in [4.69, 9.17) is 10.5 Å². The van der Waals surface area contributed by atoms with Crippen LogP contribution >= 0.6 is 0 Å². The van der Waals surface area contributed by atoms with Gasteiger partial charge in [0.25, 0.3) is 0 Å². The van der Waals surface area contributed by atoms with Crippen LogP contribution in [-0.2, 0) is 23.9 Å². The minimum atomic E-state index is -1.24. The lowest BCUT2D eigenvalue weighted by Gasteiger charge is -2.38. The summed E-state index contributed by atoms with van der Waals surface area (Å²) in [7, 11) is 1.19. The van der Waals surface area contributed by atoms with Crippen LogP contribution in [0.2, 0.25) is 0 Å². The van der Waals surface area contributed by atoms with E-state index >= 15 is 0 Å². The van der Waals surface area contributed by atoms with Crippen LogP contribution in [0.3, 0.4) is 0 Å². The molecule has 1 fully saturated rings. The van der Waals surface area contributed by atoms with E-state index in [1.54, 1.807) is 0 Å². The number of rotatable bonds is 4. The van der Waals surface area contributed by atoms with Gasteiger partial charge < -0.3 is 15.2 Å². The molecule has 1 unspecified atom stereocenters. The van der Waals surface area contributed by atoms with Crippen molar-refractivity contribution in [3.8, 4) is 0 Å². The molecule has 0 spiro atoms. The minimum Gasteiger partial charge on any atom is -0.466 e. The van der Waals surface area contributed by atoms with Crippen molar-refractivity contribution in [1.29, 1.82) is 0 Å². The van der Waals surface area contributed by atoms with Crippen molar-refractivity contribution in [3.63, 3.8) is 0 Å². The summed E-state index contributed by atoms with van der Waals surface area (Å²) in [6, 6.07) is 0. The molecule has 1 aliphatic carbocycles. The number of carbonyl (C=O) groups is 3. The molecule has 0 aromatic heterocycles. The monoisotopic (exact) mass is 257 g/mol. The van der Waals surface area contributed by atoms with E-state index in [0.29, 0.717) is 12.8 Å². The van der Waals surface area contributed by atoms with Gasteiger partial charge in [0.15, 0.2) is 0 Å². The Labute approximate surface area is 106 Å². The lowest BCUT2D eigenvalue weighted by atomic mass is 9.69. The fourth-order valence-electron chi connectivity index (χ4n) is 2.48. The number of primary amides is 1. The van der Waals surface area contributed by atoms with Crippen LogP contribution < -0.4 is 5.73 Å². The summed E-state index contributed by atoms with van der Waals surface area (Å²) in [4.78, 5) is 34.6. The predicted molar refractivity (Wildman–Crippen MR) is 62.3 cm³/mol. The van der Waals surface area contributed by atoms with Gasteiger partial charge >= 0.3 is 11.9 Å². The average Bonchev–Trinajstić information content (AvgIpc) is 2.35. The van der Waals surface area contributed by atoms with Crippen molar-refractivity contribution in [2.45, 2.75) is 45.1 Å². The molecule has 0 aromatic rings. The number of ether oxygens (including phenoxy) is 2. The Bertz CT molecular complexity index is 346. The van der Waals surface area contributed by atoms with Gasteiger partial charge in [0.1, 0.15) is 0 Å². The molecule has 0 aromatic carbocycles. The Balaban J connectivity index is 3.07. The Kier molecular flexibility index (Phi) is 4.69. The molecule has 1 rings (SSSR count). The van der Waals surface area contributed by atoms with Crippen LogP contribution in [0.25, 0.3) is 0 Å². The van der Waals surface area contributed by atoms with Crippen molar-refractivity contribution in [3.05, 3.63) is 0 Å². The molecule has 1 atom stereocenters. The van der Waals surface area contributed by atoms with Crippen molar-refractivity contribution < 1.29 is 23.9 Å². The van der Waals surface area contributed by atoms with Gasteiger partial charge in [0.2, 0.25) is 12.0 Å². The van der Waals surface area contributed by atoms with E-state index in [1.165, 1.54) is 14.0 Å². The zero-order valence-corrected chi connectivity index (χ0v) is 10.7. The van der Waals surface area contributed by atoms with Crippen LogP contribution in [0, 0.1) is 5.41 Å². The fraction of sp³-hybridized carbons (Fsp3) is 0.750. The second-order valence-electron chi connectivity index (χ2n) is 4.59. The van der Waals surface area contributed by atoms with E-state index in [1.807, 2.05) is 0 Å². The smallest absolute Gasteiger partial charge is 0.348 e. The molecular weight excluding hydrogens is 238 g/mol. The van der Waals surface area contributed by atoms with Gasteiger partial charge in [-0.05, 0) is 12.8 Å². The van der Waals surface area contributed by atoms with Crippen molar-refractivity contribution in [2.24, 2.45) is 11.1 Å². The SMILES string of the molecule is COC(=O)C(OC(C)=O)C1(C(N)=O)CCCCC1. The van der Waals surface area contributed by atoms with E-state index in [2.05, 4.69) is 4.74 Å². The molecule has 0 heterocycles. The van der Waals surface area contributed by atoms with Gasteiger partial charge in [-0.15, -0.1) is 0 Å². The lowest BCUT2D eigenvalue weighted by molar-refractivity contribution is -0.179. The summed E-state index contributed by atoms with van der Waals surface area (Å²) in [6.07, 6.45) is 2.17. The van der Waals surface area contributed by atoms with Gasteiger partial charge in [-0.2, -0.15) is 0 Å². The Morgan fingerprint density at radius 1 is 1.17 bits per heavy atom. The van der Waals surface area contributed by atoms with Gasteiger partial charge in [-0.25, -0.2) is 4.79 Å². The van der Waals surface area contributed by atoms with E-state index in [-0.39, 0.29) is 0 Å². The molecule has 0 bridgehead atoms. The molecule has 18 heavy (non-hydrogen) atoms. The molecular formula is C12H19NO5. The summed E-state index contributed by atoms with van der Waals surface area (Å²) < 4.78 is 9.61. The molecule has 6 nitrogen and oxygen atoms in total. The van der Waals surface area contributed by atoms with E-state index in [9.17, 15) is 14.4 Å². The second kappa shape index (κ2) is 5.84. The van der Waals surface area contributed by atoms with Crippen molar-refractivity contribution >= 4 is 17.8 Å². The molecule has 0 aliphatic heterocycles. The molecule has 1 saturated carbocycles. The number of amides is 1. The maximum atomic E-state index is 11.7. The lowest BCUT2D eigenvalue weighted by Crippen LogP contribution is -2.53. The standard InChI is InChI=1S/C12H19NO5/c1-8(14)18-9(10(15)17-2)12(11(13)16)6-4-3-5-7-12/h9H,3-7H2,1-2H3,(H2,13,16). The first-order valence-electron chi connectivity index (χ1n) is 5.99. The van der Waals surface area contributed by atoms with Gasteiger partial charge in [-0.1, -0.05) is 19.3 Å². The molecule has 0 saturated heterocycles. The number of hydrogen-bond donors (Lipinski definition) is 1. The normalized spacial score (nSPS) is 19.7. The zero-order chi connectivity index (χ0) is 13.8. The first-order chi connectivity index (χ1) is 8.44. The maximum Gasteiger partial charge on any atom is 0.348 e. The van der Waals surface area contributed by atoms with Crippen LogP contribution in [0.15, 0.2) is 0 Å². The highest BCUT2D eigenvalue weighted by molar-refractivity contribution is 5.90. The molecule has 1 aliphatic rings. The third-order valence-electron chi connectivity index (χ3n) is 3.44. The fourth-order valence-corrected chi connectivity index (χ4v) is 2.48. The number of carbonyl (C=O) groups excluding carboxylic acids is 3. The maximum absolute atomic E-state index is 11.7. The second-order valence-corrected chi connectivity index (χ2v) is 4.59. The Hall–Kier alpha value is -1.59. The summed E-state index contributed by atoms with van der Waals surface area (Å²) >= 11 is 0. The highest BCUT2D eigenvalue weighted by Gasteiger charge is 2.51. The van der Waals surface area contributed by atoms with Gasteiger partial charge in [-0.3, -0.25) is 9.59 Å². The molecule has 102 valence electrons. The molecule has 0 radical (unpaired) electrons. The molecule has 6 heteroatoms. The van der Waals surface area contributed by atoms with Crippen LogP contribution in [-0.4, -0.2) is 31.1 Å². The van der Waals surface area contributed by atoms with Crippen LogP contribution in [0.5, 0.6) is 0 Å². The van der Waals surface area contributed by atoms with Crippen LogP contribution in [0.1, 0.15) is 39.0 Å². The molecule has 2 N–H and O–H groups in total. The quantitative estimate of drug-likeness (QED) is 0.741. The highest BCUT2D eigenvalue weighted by atomic mass is 16.6. The summed E-state index contributed by atoms with van der Waals surface area (Å²) in [5.41, 5.74) is 4.31. The number of esters is 2. The highest BCUT2D eigenvalue weighted by Crippen LogP contribution is 2.41. The summed E-state index contributed by atoms with van der Waals surface area (Å²) in [5, 5.41) is 0. The number of hydrogen-bond acceptors (Lipinski definition) is 5.